The van der Waals surface area contributed by atoms with E-state index in [4.69, 9.17) is 9.47 Å². The van der Waals surface area contributed by atoms with Crippen LogP contribution in [0.1, 0.15) is 6.42 Å². The Labute approximate surface area is 83.7 Å². The van der Waals surface area contributed by atoms with Gasteiger partial charge in [0.15, 0.2) is 5.76 Å². The highest BCUT2D eigenvalue weighted by Crippen LogP contribution is 2.25. The molecule has 0 unspecified atom stereocenters. The molecule has 1 aliphatic rings. The Hall–Kier alpha value is -1.51. The first-order valence-corrected chi connectivity index (χ1v) is 4.43. The SMILES string of the molecule is COC1=C(OC)C[C@@H](C=CC=O)C=C1. The van der Waals surface area contributed by atoms with Gasteiger partial charge in [0.25, 0.3) is 0 Å². The van der Waals surface area contributed by atoms with E-state index in [9.17, 15) is 4.79 Å². The number of carbonyl (C=O) groups excluding carboxylic acids is 1. The van der Waals surface area contributed by atoms with E-state index in [0.717, 1.165) is 24.2 Å². The molecule has 0 bridgehead atoms. The number of ether oxygens (including phenoxy) is 2. The largest absolute Gasteiger partial charge is 0.497 e. The molecule has 0 spiro atoms. The van der Waals surface area contributed by atoms with Crippen molar-refractivity contribution in [2.75, 3.05) is 14.2 Å². The second-order valence-corrected chi connectivity index (χ2v) is 2.94. The predicted molar refractivity (Wildman–Crippen MR) is 53.5 cm³/mol. The van der Waals surface area contributed by atoms with Crippen molar-refractivity contribution >= 4 is 6.29 Å². The van der Waals surface area contributed by atoms with Crippen molar-refractivity contribution in [3.05, 3.63) is 35.8 Å². The molecule has 1 rings (SSSR count). The highest BCUT2D eigenvalue weighted by Gasteiger charge is 2.15. The van der Waals surface area contributed by atoms with Gasteiger partial charge in [-0.25, -0.2) is 0 Å². The van der Waals surface area contributed by atoms with Crippen molar-refractivity contribution in [2.45, 2.75) is 6.42 Å². The van der Waals surface area contributed by atoms with Gasteiger partial charge in [-0.2, -0.15) is 0 Å². The molecular weight excluding hydrogens is 180 g/mol. The van der Waals surface area contributed by atoms with Crippen molar-refractivity contribution in [3.8, 4) is 0 Å². The lowest BCUT2D eigenvalue weighted by molar-refractivity contribution is -0.104. The van der Waals surface area contributed by atoms with E-state index in [0.29, 0.717) is 0 Å². The van der Waals surface area contributed by atoms with E-state index in [1.807, 2.05) is 18.2 Å². The number of carbonyl (C=O) groups is 1. The minimum absolute atomic E-state index is 0.217. The molecule has 0 saturated heterocycles. The summed E-state index contributed by atoms with van der Waals surface area (Å²) in [4.78, 5) is 10.1. The molecule has 0 aromatic carbocycles. The summed E-state index contributed by atoms with van der Waals surface area (Å²) in [7, 11) is 3.23. The van der Waals surface area contributed by atoms with Crippen molar-refractivity contribution in [3.63, 3.8) is 0 Å². The van der Waals surface area contributed by atoms with Crippen LogP contribution in [0.3, 0.4) is 0 Å². The highest BCUT2D eigenvalue weighted by atomic mass is 16.5. The predicted octanol–water partition coefficient (Wildman–Crippen LogP) is 1.82. The first-order valence-electron chi connectivity index (χ1n) is 4.43. The molecule has 0 radical (unpaired) electrons. The van der Waals surface area contributed by atoms with Crippen LogP contribution >= 0.6 is 0 Å². The topological polar surface area (TPSA) is 35.5 Å². The van der Waals surface area contributed by atoms with Gasteiger partial charge in [0.2, 0.25) is 0 Å². The van der Waals surface area contributed by atoms with Crippen LogP contribution in [-0.4, -0.2) is 20.5 Å². The molecule has 0 aliphatic heterocycles. The summed E-state index contributed by atoms with van der Waals surface area (Å²) in [6.45, 7) is 0. The Balaban J connectivity index is 2.70. The average Bonchev–Trinajstić information content (AvgIpc) is 2.25. The zero-order chi connectivity index (χ0) is 10.4. The van der Waals surface area contributed by atoms with E-state index < -0.39 is 0 Å². The van der Waals surface area contributed by atoms with Gasteiger partial charge in [-0.15, -0.1) is 0 Å². The monoisotopic (exact) mass is 194 g/mol. The third kappa shape index (κ3) is 2.49. The third-order valence-electron chi connectivity index (χ3n) is 2.09. The smallest absolute Gasteiger partial charge is 0.156 e. The van der Waals surface area contributed by atoms with Crippen LogP contribution in [-0.2, 0) is 14.3 Å². The fraction of sp³-hybridized carbons (Fsp3) is 0.364. The summed E-state index contributed by atoms with van der Waals surface area (Å²) in [5.74, 6) is 1.79. The standard InChI is InChI=1S/C11H14O3/c1-13-10-6-5-9(4-3-7-12)8-11(10)14-2/h3-7,9H,8H2,1-2H3/t9-/m0/s1. The Kier molecular flexibility index (Phi) is 3.98. The van der Waals surface area contributed by atoms with Gasteiger partial charge in [0, 0.05) is 12.3 Å². The zero-order valence-corrected chi connectivity index (χ0v) is 8.40. The van der Waals surface area contributed by atoms with Crippen LogP contribution < -0.4 is 0 Å². The lowest BCUT2D eigenvalue weighted by atomic mass is 9.98. The second-order valence-electron chi connectivity index (χ2n) is 2.94. The maximum absolute atomic E-state index is 10.1. The Morgan fingerprint density at radius 1 is 1.43 bits per heavy atom. The number of allylic oxidation sites excluding steroid dienone is 5. The second kappa shape index (κ2) is 5.27. The normalized spacial score (nSPS) is 21.4. The fourth-order valence-electron chi connectivity index (χ4n) is 1.37. The van der Waals surface area contributed by atoms with E-state index in [1.165, 1.54) is 6.08 Å². The van der Waals surface area contributed by atoms with Gasteiger partial charge in [0.1, 0.15) is 12.0 Å². The summed E-state index contributed by atoms with van der Waals surface area (Å²) in [6, 6.07) is 0. The van der Waals surface area contributed by atoms with E-state index in [2.05, 4.69) is 0 Å². The fourth-order valence-corrected chi connectivity index (χ4v) is 1.37. The van der Waals surface area contributed by atoms with Gasteiger partial charge in [-0.3, -0.25) is 4.79 Å². The third-order valence-corrected chi connectivity index (χ3v) is 2.09. The maximum atomic E-state index is 10.1. The summed E-state index contributed by atoms with van der Waals surface area (Å²) < 4.78 is 10.3. The van der Waals surface area contributed by atoms with Gasteiger partial charge in [-0.05, 0) is 12.2 Å². The lowest BCUT2D eigenvalue weighted by Gasteiger charge is -2.18. The summed E-state index contributed by atoms with van der Waals surface area (Å²) >= 11 is 0. The molecule has 3 nitrogen and oxygen atoms in total. The summed E-state index contributed by atoms with van der Waals surface area (Å²) in [5.41, 5.74) is 0. The molecule has 0 saturated carbocycles. The molecule has 0 aromatic heterocycles. The Bertz CT molecular complexity index is 287. The molecule has 1 atom stereocenters. The number of methoxy groups -OCH3 is 2. The summed E-state index contributed by atoms with van der Waals surface area (Å²) in [6.07, 6.45) is 8.70. The number of hydrogen-bond acceptors (Lipinski definition) is 3. The van der Waals surface area contributed by atoms with Crippen molar-refractivity contribution in [2.24, 2.45) is 5.92 Å². The maximum Gasteiger partial charge on any atom is 0.156 e. The van der Waals surface area contributed by atoms with Gasteiger partial charge >= 0.3 is 0 Å². The summed E-state index contributed by atoms with van der Waals surface area (Å²) in [5, 5.41) is 0. The van der Waals surface area contributed by atoms with Crippen molar-refractivity contribution in [1.29, 1.82) is 0 Å². The molecule has 3 heteroatoms. The molecule has 0 N–H and O–H groups in total. The number of aldehydes is 1. The molecule has 76 valence electrons. The minimum atomic E-state index is 0.217. The number of rotatable bonds is 4. The molecule has 0 amide bonds. The van der Waals surface area contributed by atoms with Crippen molar-refractivity contribution < 1.29 is 14.3 Å². The molecule has 0 aromatic rings. The van der Waals surface area contributed by atoms with Gasteiger partial charge in [0.05, 0.1) is 14.2 Å². The quantitative estimate of drug-likeness (QED) is 0.506. The molecule has 1 aliphatic carbocycles. The van der Waals surface area contributed by atoms with Crippen LogP contribution in [0.5, 0.6) is 0 Å². The average molecular weight is 194 g/mol. The molecule has 0 heterocycles. The van der Waals surface area contributed by atoms with Crippen LogP contribution in [0.4, 0.5) is 0 Å². The van der Waals surface area contributed by atoms with Crippen LogP contribution in [0, 0.1) is 5.92 Å². The van der Waals surface area contributed by atoms with Gasteiger partial charge < -0.3 is 9.47 Å². The highest BCUT2D eigenvalue weighted by molar-refractivity contribution is 5.64. The Morgan fingerprint density at radius 3 is 2.79 bits per heavy atom. The zero-order valence-electron chi connectivity index (χ0n) is 8.40. The molecular formula is C11H14O3. The van der Waals surface area contributed by atoms with E-state index in [-0.39, 0.29) is 5.92 Å². The lowest BCUT2D eigenvalue weighted by Crippen LogP contribution is -2.06. The molecule has 0 fully saturated rings. The first-order chi connectivity index (χ1) is 6.81. The molecule has 14 heavy (non-hydrogen) atoms. The van der Waals surface area contributed by atoms with Crippen LogP contribution in [0.25, 0.3) is 0 Å². The van der Waals surface area contributed by atoms with Crippen LogP contribution in [0.2, 0.25) is 0 Å². The minimum Gasteiger partial charge on any atom is -0.497 e. The van der Waals surface area contributed by atoms with Crippen LogP contribution in [0.15, 0.2) is 35.8 Å². The van der Waals surface area contributed by atoms with E-state index >= 15 is 0 Å². The Morgan fingerprint density at radius 2 is 2.21 bits per heavy atom. The van der Waals surface area contributed by atoms with E-state index in [1.54, 1.807) is 14.2 Å². The first kappa shape index (κ1) is 10.6. The van der Waals surface area contributed by atoms with Crippen molar-refractivity contribution in [1.82, 2.24) is 0 Å². The number of hydrogen-bond donors (Lipinski definition) is 0. The van der Waals surface area contributed by atoms with Gasteiger partial charge in [-0.1, -0.05) is 12.2 Å².